The third kappa shape index (κ3) is 1.34. The minimum atomic E-state index is -1.86. The predicted octanol–water partition coefficient (Wildman–Crippen LogP) is -0.218. The van der Waals surface area contributed by atoms with E-state index in [1.165, 1.54) is 13.8 Å². The summed E-state index contributed by atoms with van der Waals surface area (Å²) in [6, 6.07) is 0. The van der Waals surface area contributed by atoms with Gasteiger partial charge in [0.1, 0.15) is 17.8 Å². The number of ether oxygens (including phenoxy) is 1. The number of aliphatic hydroxyl groups is 3. The average Bonchev–Trinajstić information content (AvgIpc) is 2.52. The number of hydrogen-bond acceptors (Lipinski definition) is 6. The zero-order valence-electron chi connectivity index (χ0n) is 12.5. The Bertz CT molecular complexity index is 528. The SMILES string of the molecule is C[C@H]1C[C@@H](O)[C@]2(O)[C@@]13CC(=O)OC[C@]2(C)[C@](C)(O)C(=O)C3. The fourth-order valence-corrected chi connectivity index (χ4v) is 4.96. The summed E-state index contributed by atoms with van der Waals surface area (Å²) in [4.78, 5) is 24.5. The first-order valence-electron chi connectivity index (χ1n) is 7.35. The van der Waals surface area contributed by atoms with Gasteiger partial charge in [0.15, 0.2) is 5.78 Å². The molecule has 1 heterocycles. The molecule has 3 N–H and O–H groups in total. The Morgan fingerprint density at radius 1 is 1.19 bits per heavy atom. The average molecular weight is 298 g/mol. The lowest BCUT2D eigenvalue weighted by Gasteiger charge is -2.60. The summed E-state index contributed by atoms with van der Waals surface area (Å²) in [5.74, 6) is -1.12. The van der Waals surface area contributed by atoms with Crippen molar-refractivity contribution in [3.63, 3.8) is 0 Å². The highest BCUT2D eigenvalue weighted by Crippen LogP contribution is 2.68. The van der Waals surface area contributed by atoms with Crippen LogP contribution in [0.15, 0.2) is 0 Å². The lowest BCUT2D eigenvalue weighted by molar-refractivity contribution is -0.272. The molecule has 1 aliphatic heterocycles. The van der Waals surface area contributed by atoms with Crippen LogP contribution in [0, 0.1) is 16.7 Å². The van der Waals surface area contributed by atoms with Crippen molar-refractivity contribution in [2.45, 2.75) is 57.3 Å². The summed E-state index contributed by atoms with van der Waals surface area (Å²) >= 11 is 0. The van der Waals surface area contributed by atoms with E-state index in [2.05, 4.69) is 0 Å². The van der Waals surface area contributed by atoms with E-state index in [-0.39, 0.29) is 25.4 Å². The maximum absolute atomic E-state index is 12.5. The van der Waals surface area contributed by atoms with Gasteiger partial charge < -0.3 is 20.1 Å². The fraction of sp³-hybridized carbons (Fsp3) is 0.867. The summed E-state index contributed by atoms with van der Waals surface area (Å²) in [7, 11) is 0. The smallest absolute Gasteiger partial charge is 0.306 e. The second kappa shape index (κ2) is 3.86. The van der Waals surface area contributed by atoms with Crippen LogP contribution in [-0.4, -0.2) is 51.0 Å². The minimum Gasteiger partial charge on any atom is -0.465 e. The van der Waals surface area contributed by atoms with Crippen molar-refractivity contribution in [2.75, 3.05) is 6.61 Å². The van der Waals surface area contributed by atoms with E-state index in [1.54, 1.807) is 0 Å². The highest BCUT2D eigenvalue weighted by atomic mass is 16.5. The molecular weight excluding hydrogens is 276 g/mol. The molecule has 2 saturated carbocycles. The number of Topliss-reactive ketones (excluding diaryl/α,β-unsaturated/α-hetero) is 1. The van der Waals surface area contributed by atoms with Crippen molar-refractivity contribution in [3.05, 3.63) is 0 Å². The van der Waals surface area contributed by atoms with E-state index in [4.69, 9.17) is 4.74 Å². The van der Waals surface area contributed by atoms with Crippen molar-refractivity contribution >= 4 is 11.8 Å². The fourth-order valence-electron chi connectivity index (χ4n) is 4.96. The molecule has 0 unspecified atom stereocenters. The molecule has 1 saturated heterocycles. The van der Waals surface area contributed by atoms with E-state index < -0.39 is 39.9 Å². The number of aliphatic hydroxyl groups excluding tert-OH is 1. The predicted molar refractivity (Wildman–Crippen MR) is 71.1 cm³/mol. The molecule has 3 fully saturated rings. The van der Waals surface area contributed by atoms with Gasteiger partial charge in [-0.3, -0.25) is 9.59 Å². The molecule has 21 heavy (non-hydrogen) atoms. The topological polar surface area (TPSA) is 104 Å². The molecule has 0 amide bonds. The van der Waals surface area contributed by atoms with E-state index in [0.717, 1.165) is 0 Å². The van der Waals surface area contributed by atoms with Crippen LogP contribution in [0.1, 0.15) is 40.0 Å². The van der Waals surface area contributed by atoms with Gasteiger partial charge in [0.25, 0.3) is 0 Å². The molecule has 2 aliphatic carbocycles. The van der Waals surface area contributed by atoms with Crippen molar-refractivity contribution < 1.29 is 29.6 Å². The second-order valence-electron chi connectivity index (χ2n) is 7.42. The third-order valence-corrected chi connectivity index (χ3v) is 6.68. The van der Waals surface area contributed by atoms with Crippen molar-refractivity contribution in [3.8, 4) is 0 Å². The molecule has 0 aromatic heterocycles. The molecule has 0 aromatic carbocycles. The molecule has 3 rings (SSSR count). The van der Waals surface area contributed by atoms with E-state index in [0.29, 0.717) is 6.42 Å². The summed E-state index contributed by atoms with van der Waals surface area (Å²) in [5, 5.41) is 32.7. The van der Waals surface area contributed by atoms with Crippen LogP contribution in [0.2, 0.25) is 0 Å². The zero-order valence-corrected chi connectivity index (χ0v) is 12.5. The molecule has 3 aliphatic rings. The van der Waals surface area contributed by atoms with Gasteiger partial charge in [0, 0.05) is 11.8 Å². The van der Waals surface area contributed by atoms with E-state index in [1.807, 2.05) is 6.92 Å². The molecule has 118 valence electrons. The van der Waals surface area contributed by atoms with Crippen LogP contribution in [0.25, 0.3) is 0 Å². The Labute approximate surface area is 123 Å². The molecular formula is C15H22O6. The number of ketones is 1. The first kappa shape index (κ1) is 14.9. The zero-order chi connectivity index (χ0) is 15.8. The Kier molecular flexibility index (Phi) is 2.74. The monoisotopic (exact) mass is 298 g/mol. The maximum Gasteiger partial charge on any atom is 0.306 e. The van der Waals surface area contributed by atoms with Crippen LogP contribution in [0.4, 0.5) is 0 Å². The quantitative estimate of drug-likeness (QED) is 0.534. The highest BCUT2D eigenvalue weighted by molar-refractivity contribution is 5.91. The normalized spacial score (nSPS) is 56.7. The Balaban J connectivity index is 2.32. The molecule has 6 atom stereocenters. The van der Waals surface area contributed by atoms with Crippen LogP contribution in [0.3, 0.4) is 0 Å². The van der Waals surface area contributed by atoms with Gasteiger partial charge in [-0.2, -0.15) is 0 Å². The lowest BCUT2D eigenvalue weighted by atomic mass is 9.46. The van der Waals surface area contributed by atoms with Gasteiger partial charge in [0.2, 0.25) is 0 Å². The number of esters is 1. The molecule has 2 bridgehead atoms. The number of carbonyl (C=O) groups is 2. The van der Waals surface area contributed by atoms with Crippen molar-refractivity contribution in [2.24, 2.45) is 16.7 Å². The van der Waals surface area contributed by atoms with Gasteiger partial charge >= 0.3 is 5.97 Å². The molecule has 0 spiro atoms. The number of rotatable bonds is 0. The van der Waals surface area contributed by atoms with Gasteiger partial charge in [-0.25, -0.2) is 0 Å². The van der Waals surface area contributed by atoms with Crippen LogP contribution in [-0.2, 0) is 14.3 Å². The molecule has 0 radical (unpaired) electrons. The Hall–Kier alpha value is -0.980. The maximum atomic E-state index is 12.5. The molecule has 0 aromatic rings. The summed E-state index contributed by atoms with van der Waals surface area (Å²) < 4.78 is 5.17. The number of hydrogen-bond donors (Lipinski definition) is 3. The number of cyclic esters (lactones) is 1. The Morgan fingerprint density at radius 2 is 1.81 bits per heavy atom. The van der Waals surface area contributed by atoms with Gasteiger partial charge in [-0.15, -0.1) is 0 Å². The number of carbonyl (C=O) groups excluding carboxylic acids is 2. The van der Waals surface area contributed by atoms with Crippen LogP contribution < -0.4 is 0 Å². The van der Waals surface area contributed by atoms with Gasteiger partial charge in [0.05, 0.1) is 17.9 Å². The lowest BCUT2D eigenvalue weighted by Crippen LogP contribution is -2.75. The third-order valence-electron chi connectivity index (χ3n) is 6.68. The summed E-state index contributed by atoms with van der Waals surface area (Å²) in [5.41, 5.74) is -6.11. The molecule has 6 heteroatoms. The van der Waals surface area contributed by atoms with E-state index >= 15 is 0 Å². The standard InChI is InChI=1S/C15H22O6/c1-8-4-9(16)15(20)12(2)7-21-11(18)6-14(8,15)5-10(17)13(12,3)19/h8-9,16,19-20H,4-7H2,1-3H3/t8-,9+,12+,13+,14-,15+/m0/s1. The largest absolute Gasteiger partial charge is 0.465 e. The summed E-state index contributed by atoms with van der Waals surface area (Å²) in [6.45, 7) is 4.41. The summed E-state index contributed by atoms with van der Waals surface area (Å²) in [6.07, 6.45) is -1.05. The second-order valence-corrected chi connectivity index (χ2v) is 7.42. The van der Waals surface area contributed by atoms with Gasteiger partial charge in [-0.1, -0.05) is 13.8 Å². The minimum absolute atomic E-state index is 0.112. The molecule has 6 nitrogen and oxygen atoms in total. The Morgan fingerprint density at radius 3 is 2.43 bits per heavy atom. The van der Waals surface area contributed by atoms with Gasteiger partial charge in [-0.05, 0) is 19.3 Å². The first-order valence-corrected chi connectivity index (χ1v) is 7.35. The van der Waals surface area contributed by atoms with Crippen LogP contribution in [0.5, 0.6) is 0 Å². The van der Waals surface area contributed by atoms with Crippen LogP contribution >= 0.6 is 0 Å². The van der Waals surface area contributed by atoms with Crippen molar-refractivity contribution in [1.82, 2.24) is 0 Å². The van der Waals surface area contributed by atoms with Crippen molar-refractivity contribution in [1.29, 1.82) is 0 Å². The first-order chi connectivity index (χ1) is 9.53. The van der Waals surface area contributed by atoms with E-state index in [9.17, 15) is 24.9 Å². The highest BCUT2D eigenvalue weighted by Gasteiger charge is 2.80.